The van der Waals surface area contributed by atoms with Gasteiger partial charge >= 0.3 is 6.72 Å². The van der Waals surface area contributed by atoms with E-state index in [2.05, 4.69) is 4.99 Å². The monoisotopic (exact) mass is 334 g/mol. The number of nitriles is 1. The van der Waals surface area contributed by atoms with Crippen molar-refractivity contribution in [3.8, 4) is 6.19 Å². The number of methoxy groups -OCH3 is 1. The summed E-state index contributed by atoms with van der Waals surface area (Å²) in [5.41, 5.74) is 0. The number of hydrogen-bond donors (Lipinski definition) is 0. The Morgan fingerprint density at radius 1 is 1.52 bits per heavy atom. The summed E-state index contributed by atoms with van der Waals surface area (Å²) in [5.74, 6) is 0.368. The molecule has 0 aromatic carbocycles. The second-order valence-electron chi connectivity index (χ2n) is 4.53. The molecule has 21 heavy (non-hydrogen) atoms. The summed E-state index contributed by atoms with van der Waals surface area (Å²) < 4.78 is 25.5. The van der Waals surface area contributed by atoms with Crippen LogP contribution in [0.3, 0.4) is 0 Å². The molecule has 9 heteroatoms. The lowest BCUT2D eigenvalue weighted by Crippen LogP contribution is -2.33. The van der Waals surface area contributed by atoms with Crippen LogP contribution in [0.1, 0.15) is 27.2 Å². The molecule has 0 radical (unpaired) electrons. The summed E-state index contributed by atoms with van der Waals surface area (Å²) in [4.78, 5) is 5.60. The molecule has 0 spiro atoms. The maximum absolute atomic E-state index is 13.2. The molecule has 1 aliphatic rings. The average Bonchev–Trinajstić information content (AvgIpc) is 2.83. The fourth-order valence-corrected chi connectivity index (χ4v) is 6.97. The van der Waals surface area contributed by atoms with E-state index in [0.717, 1.165) is 6.42 Å². The van der Waals surface area contributed by atoms with Crippen LogP contribution >= 0.6 is 18.1 Å². The van der Waals surface area contributed by atoms with E-state index in [1.54, 1.807) is 22.9 Å². The predicted molar refractivity (Wildman–Crippen MR) is 84.9 cm³/mol. The van der Waals surface area contributed by atoms with E-state index in [-0.39, 0.29) is 5.25 Å². The molecule has 0 aromatic rings. The molecule has 0 amide bonds. The fraction of sp³-hybridized carbons (Fsp3) is 0.833. The Kier molecular flexibility index (Phi) is 7.53. The number of hydrogen-bond acceptors (Lipinski definition) is 6. The smallest absolute Gasteiger partial charge is 0.356 e. The van der Waals surface area contributed by atoms with Gasteiger partial charge < -0.3 is 14.2 Å². The molecule has 0 aliphatic carbocycles. The Hall–Kier alpha value is -0.740. The van der Waals surface area contributed by atoms with E-state index in [1.165, 1.54) is 11.4 Å². The van der Waals surface area contributed by atoms with Crippen molar-refractivity contribution < 1.29 is 13.8 Å². The first-order valence-corrected chi connectivity index (χ1v) is 10.00. The fourth-order valence-electron chi connectivity index (χ4n) is 1.88. The zero-order valence-corrected chi connectivity index (χ0v) is 14.7. The molecule has 1 fully saturated rings. The predicted octanol–water partition coefficient (Wildman–Crippen LogP) is 2.72. The highest BCUT2D eigenvalue weighted by Gasteiger charge is 2.42. The zero-order valence-electron chi connectivity index (χ0n) is 13.0. The summed E-state index contributed by atoms with van der Waals surface area (Å²) in [6, 6.07) is 0. The Balaban J connectivity index is 3.04. The molecule has 120 valence electrons. The third kappa shape index (κ3) is 4.62. The minimum absolute atomic E-state index is 0.196. The van der Waals surface area contributed by atoms with Gasteiger partial charge in [-0.1, -0.05) is 13.8 Å². The van der Waals surface area contributed by atoms with Gasteiger partial charge in [-0.3, -0.25) is 9.24 Å². The number of nitrogens with zero attached hydrogens (tertiary/aromatic N) is 4. The lowest BCUT2D eigenvalue weighted by molar-refractivity contribution is 0.117. The zero-order chi connectivity index (χ0) is 15.9. The number of rotatable bonds is 8. The molecule has 1 heterocycles. The molecule has 1 aliphatic heterocycles. The standard InChI is InChI=1S/C12H23N4O3PS/c1-5-11(3)21-20(17,19-6-2)16-8-7-15(10-18-4)12(16)14-9-13/h11H,5-8,10H2,1-4H3. The SMILES string of the molecule is CCOP(=O)(SC(C)CC)N1CCN(COC)C1=NC#N. The van der Waals surface area contributed by atoms with E-state index in [1.807, 2.05) is 20.8 Å². The van der Waals surface area contributed by atoms with Gasteiger partial charge in [0.15, 0.2) is 0 Å². The molecule has 2 unspecified atom stereocenters. The molecule has 7 nitrogen and oxygen atoms in total. The summed E-state index contributed by atoms with van der Waals surface area (Å²) >= 11 is 1.32. The minimum atomic E-state index is -3.12. The lowest BCUT2D eigenvalue weighted by Gasteiger charge is -2.29. The summed E-state index contributed by atoms with van der Waals surface area (Å²) in [6.45, 7) is 4.51. The van der Waals surface area contributed by atoms with E-state index in [4.69, 9.17) is 14.5 Å². The number of aliphatic imine (C=N–C) groups is 1. The van der Waals surface area contributed by atoms with Gasteiger partial charge in [0.1, 0.15) is 6.73 Å². The molecule has 0 bridgehead atoms. The highest BCUT2D eigenvalue weighted by molar-refractivity contribution is 8.56. The average molecular weight is 334 g/mol. The van der Waals surface area contributed by atoms with E-state index >= 15 is 0 Å². The Morgan fingerprint density at radius 2 is 2.24 bits per heavy atom. The van der Waals surface area contributed by atoms with Gasteiger partial charge in [-0.25, -0.2) is 0 Å². The van der Waals surface area contributed by atoms with E-state index in [0.29, 0.717) is 32.4 Å². The van der Waals surface area contributed by atoms with Crippen LogP contribution in [0.15, 0.2) is 4.99 Å². The maximum Gasteiger partial charge on any atom is 0.356 e. The summed E-state index contributed by atoms with van der Waals surface area (Å²) in [5, 5.41) is 9.08. The molecule has 0 aromatic heterocycles. The number of ether oxygens (including phenoxy) is 1. The van der Waals surface area contributed by atoms with E-state index in [9.17, 15) is 4.57 Å². The third-order valence-corrected chi connectivity index (χ3v) is 8.31. The summed E-state index contributed by atoms with van der Waals surface area (Å²) in [7, 11) is 1.57. The first-order chi connectivity index (χ1) is 10.0. The van der Waals surface area contributed by atoms with Crippen LogP contribution in [0.25, 0.3) is 0 Å². The van der Waals surface area contributed by atoms with Gasteiger partial charge in [0, 0.05) is 25.4 Å². The Morgan fingerprint density at radius 3 is 2.76 bits per heavy atom. The van der Waals surface area contributed by atoms with E-state index < -0.39 is 6.72 Å². The first kappa shape index (κ1) is 18.3. The maximum atomic E-state index is 13.2. The van der Waals surface area contributed by atoms with Gasteiger partial charge in [-0.15, -0.1) is 4.99 Å². The quantitative estimate of drug-likeness (QED) is 0.499. The van der Waals surface area contributed by atoms with Gasteiger partial charge in [0.25, 0.3) is 0 Å². The van der Waals surface area contributed by atoms with Crippen molar-refractivity contribution in [1.29, 1.82) is 5.26 Å². The Bertz CT molecular complexity index is 454. The van der Waals surface area contributed by atoms with Crippen LogP contribution in [0.5, 0.6) is 0 Å². The largest absolute Gasteiger partial charge is 0.364 e. The van der Waals surface area contributed by atoms with Crippen LogP contribution in [-0.4, -0.2) is 54.3 Å². The van der Waals surface area contributed by atoms with Crippen LogP contribution in [-0.2, 0) is 13.8 Å². The van der Waals surface area contributed by atoms with Crippen molar-refractivity contribution in [1.82, 2.24) is 9.57 Å². The highest BCUT2D eigenvalue weighted by atomic mass is 32.7. The number of guanidine groups is 1. The van der Waals surface area contributed by atoms with Crippen molar-refractivity contribution in [3.05, 3.63) is 0 Å². The normalized spacial score (nSPS) is 21.4. The lowest BCUT2D eigenvalue weighted by atomic mass is 10.4. The van der Waals surface area contributed by atoms with Gasteiger partial charge in [-0.05, 0) is 24.7 Å². The second kappa shape index (κ2) is 8.64. The van der Waals surface area contributed by atoms with Crippen LogP contribution < -0.4 is 0 Å². The van der Waals surface area contributed by atoms with Crippen LogP contribution in [0, 0.1) is 11.5 Å². The van der Waals surface area contributed by atoms with Crippen molar-refractivity contribution in [3.63, 3.8) is 0 Å². The van der Waals surface area contributed by atoms with Crippen LogP contribution in [0.4, 0.5) is 0 Å². The Labute approximate surface area is 130 Å². The molecular formula is C12H23N4O3PS. The first-order valence-electron chi connectivity index (χ1n) is 6.94. The van der Waals surface area contributed by atoms with Gasteiger partial charge in [-0.2, -0.15) is 5.26 Å². The van der Waals surface area contributed by atoms with Crippen molar-refractivity contribution >= 4 is 24.1 Å². The second-order valence-corrected chi connectivity index (χ2v) is 9.24. The van der Waals surface area contributed by atoms with Crippen molar-refractivity contribution in [2.45, 2.75) is 32.4 Å². The molecule has 2 atom stereocenters. The highest BCUT2D eigenvalue weighted by Crippen LogP contribution is 2.65. The molecule has 1 rings (SSSR count). The molecular weight excluding hydrogens is 311 g/mol. The van der Waals surface area contributed by atoms with Gasteiger partial charge in [0.2, 0.25) is 12.2 Å². The van der Waals surface area contributed by atoms with Crippen LogP contribution in [0.2, 0.25) is 0 Å². The van der Waals surface area contributed by atoms with Crippen molar-refractivity contribution in [2.75, 3.05) is 33.5 Å². The minimum Gasteiger partial charge on any atom is -0.364 e. The topological polar surface area (TPSA) is 78.2 Å². The molecule has 0 N–H and O–H groups in total. The van der Waals surface area contributed by atoms with Gasteiger partial charge in [0.05, 0.1) is 6.61 Å². The van der Waals surface area contributed by atoms with Crippen molar-refractivity contribution in [2.24, 2.45) is 4.99 Å². The third-order valence-electron chi connectivity index (χ3n) is 3.01. The molecule has 1 saturated heterocycles. The molecule has 0 saturated carbocycles. The summed E-state index contributed by atoms with van der Waals surface area (Å²) in [6.07, 6.45) is 2.66.